The van der Waals surface area contributed by atoms with Gasteiger partial charge in [0.25, 0.3) is 0 Å². The van der Waals surface area contributed by atoms with Crippen molar-refractivity contribution in [1.82, 2.24) is 24.1 Å². The third-order valence-corrected chi connectivity index (χ3v) is 10.4. The van der Waals surface area contributed by atoms with Gasteiger partial charge in [0.05, 0.1) is 45.1 Å². The van der Waals surface area contributed by atoms with E-state index in [2.05, 4.69) is 160 Å². The highest BCUT2D eigenvalue weighted by Gasteiger charge is 2.24. The van der Waals surface area contributed by atoms with Crippen LogP contribution in [-0.2, 0) is 0 Å². The molecule has 0 bridgehead atoms. The van der Waals surface area contributed by atoms with Crippen molar-refractivity contribution >= 4 is 43.6 Å². The number of nitriles is 1. The molecule has 54 heavy (non-hydrogen) atoms. The lowest BCUT2D eigenvalue weighted by Crippen LogP contribution is -2.07. The number of nitrogens with zero attached hydrogens (tertiary/aromatic N) is 6. The number of fused-ring (bicyclic) bond motifs is 6. The molecular weight excluding hydrogens is 661 g/mol. The number of hydrogen-bond acceptors (Lipinski definition) is 4. The van der Waals surface area contributed by atoms with E-state index in [0.29, 0.717) is 28.6 Å². The molecule has 0 aliphatic heterocycles. The zero-order valence-corrected chi connectivity index (χ0v) is 29.7. The number of hydrogen-bond donors (Lipinski definition) is 0. The molecule has 0 saturated carbocycles. The fourth-order valence-corrected chi connectivity index (χ4v) is 8.03. The Morgan fingerprint density at radius 1 is 0.426 bits per heavy atom. The normalized spacial score (nSPS) is 11.5. The molecule has 7 aromatic carbocycles. The predicted molar refractivity (Wildman–Crippen MR) is 219 cm³/mol. The fraction of sp³-hybridized carbons (Fsp3) is 0.0417. The third-order valence-electron chi connectivity index (χ3n) is 10.4. The van der Waals surface area contributed by atoms with Gasteiger partial charge in [0.15, 0.2) is 5.82 Å². The third kappa shape index (κ3) is 4.98. The summed E-state index contributed by atoms with van der Waals surface area (Å²) in [7, 11) is 0. The van der Waals surface area contributed by atoms with E-state index >= 15 is 0 Å². The van der Waals surface area contributed by atoms with Crippen molar-refractivity contribution in [1.29, 1.82) is 5.26 Å². The molecule has 0 unspecified atom stereocenters. The first kappa shape index (κ1) is 31.4. The maximum Gasteiger partial charge on any atom is 0.164 e. The first-order valence-electron chi connectivity index (χ1n) is 18.0. The zero-order chi connectivity index (χ0) is 36.3. The molecule has 0 N–H and O–H groups in total. The maximum atomic E-state index is 10.8. The Kier molecular flexibility index (Phi) is 7.21. The van der Waals surface area contributed by atoms with Gasteiger partial charge in [0, 0.05) is 27.1 Å². The molecule has 0 aliphatic rings. The summed E-state index contributed by atoms with van der Waals surface area (Å²) in [5, 5.41) is 15.4. The number of aryl methyl sites for hydroxylation is 2. The van der Waals surface area contributed by atoms with Crippen LogP contribution in [0.5, 0.6) is 0 Å². The minimum Gasteiger partial charge on any atom is -0.307 e. The van der Waals surface area contributed by atoms with Crippen LogP contribution in [0.2, 0.25) is 0 Å². The van der Waals surface area contributed by atoms with Crippen molar-refractivity contribution in [2.75, 3.05) is 0 Å². The monoisotopic (exact) mass is 692 g/mol. The summed E-state index contributed by atoms with van der Waals surface area (Å²) in [5.74, 6) is 1.68. The summed E-state index contributed by atoms with van der Waals surface area (Å²) in [6.07, 6.45) is 0. The van der Waals surface area contributed by atoms with Gasteiger partial charge in [-0.1, -0.05) is 121 Å². The van der Waals surface area contributed by atoms with Crippen molar-refractivity contribution in [2.45, 2.75) is 13.8 Å². The smallest absolute Gasteiger partial charge is 0.164 e. The Morgan fingerprint density at radius 3 is 1.37 bits per heavy atom. The van der Waals surface area contributed by atoms with E-state index in [-0.39, 0.29) is 0 Å². The van der Waals surface area contributed by atoms with Crippen molar-refractivity contribution in [3.63, 3.8) is 0 Å². The van der Waals surface area contributed by atoms with Gasteiger partial charge >= 0.3 is 0 Å². The second kappa shape index (κ2) is 12.4. The number of rotatable bonds is 5. The Labute approximate surface area is 311 Å². The molecule has 0 spiro atoms. The predicted octanol–water partition coefficient (Wildman–Crippen LogP) is 11.6. The van der Waals surface area contributed by atoms with E-state index in [1.807, 2.05) is 32.0 Å². The molecule has 0 saturated heterocycles. The Bertz CT molecular complexity index is 3110. The zero-order valence-electron chi connectivity index (χ0n) is 29.7. The fourth-order valence-electron chi connectivity index (χ4n) is 8.03. The molecule has 254 valence electrons. The van der Waals surface area contributed by atoms with Crippen LogP contribution >= 0.6 is 0 Å². The highest BCUT2D eigenvalue weighted by atomic mass is 15.1. The van der Waals surface area contributed by atoms with Crippen molar-refractivity contribution in [3.05, 3.63) is 175 Å². The highest BCUT2D eigenvalue weighted by molar-refractivity contribution is 6.12. The topological polar surface area (TPSA) is 72.3 Å². The molecule has 0 radical (unpaired) electrons. The summed E-state index contributed by atoms with van der Waals surface area (Å²) in [4.78, 5) is 14.0. The molecule has 3 aromatic heterocycles. The average molecular weight is 693 g/mol. The Hall–Kier alpha value is -7.36. The van der Waals surface area contributed by atoms with Gasteiger partial charge in [0.2, 0.25) is 0 Å². The van der Waals surface area contributed by atoms with Gasteiger partial charge in [-0.15, -0.1) is 0 Å². The minimum atomic E-state index is 0.476. The van der Waals surface area contributed by atoms with E-state index in [9.17, 15) is 5.26 Å². The van der Waals surface area contributed by atoms with Crippen LogP contribution in [0.4, 0.5) is 0 Å². The molecular formula is C48H32N6. The van der Waals surface area contributed by atoms with Crippen molar-refractivity contribution < 1.29 is 0 Å². The molecule has 6 heteroatoms. The first-order chi connectivity index (χ1) is 26.6. The second-order valence-corrected chi connectivity index (χ2v) is 13.7. The van der Waals surface area contributed by atoms with Gasteiger partial charge in [-0.05, 0) is 72.5 Å². The molecule has 6 nitrogen and oxygen atoms in total. The van der Waals surface area contributed by atoms with E-state index in [4.69, 9.17) is 9.97 Å². The average Bonchev–Trinajstić information content (AvgIpc) is 3.72. The SMILES string of the molecule is Cc1nc(C)nc(-c2cc(-n3c4ccccc4c4ccc(-c5ccccc5)cc43)c(-n3c4ccccc4c4ccc(-c5ccccc5)cc43)cc2C#N)n1. The van der Waals surface area contributed by atoms with Gasteiger partial charge in [-0.3, -0.25) is 0 Å². The van der Waals surface area contributed by atoms with Crippen molar-refractivity contribution in [2.24, 2.45) is 0 Å². The lowest BCUT2D eigenvalue weighted by molar-refractivity contribution is 0.927. The van der Waals surface area contributed by atoms with E-state index in [1.54, 1.807) is 0 Å². The lowest BCUT2D eigenvalue weighted by atomic mass is 10.0. The minimum absolute atomic E-state index is 0.476. The van der Waals surface area contributed by atoms with Crippen LogP contribution in [0.3, 0.4) is 0 Å². The van der Waals surface area contributed by atoms with Crippen LogP contribution in [-0.4, -0.2) is 24.1 Å². The second-order valence-electron chi connectivity index (χ2n) is 13.7. The van der Waals surface area contributed by atoms with Gasteiger partial charge in [0.1, 0.15) is 11.6 Å². The molecule has 0 amide bonds. The molecule has 0 fully saturated rings. The summed E-state index contributed by atoms with van der Waals surface area (Å²) in [5.41, 5.74) is 11.7. The maximum absolute atomic E-state index is 10.8. The van der Waals surface area contributed by atoms with E-state index < -0.39 is 0 Å². The number of para-hydroxylation sites is 2. The number of benzene rings is 7. The summed E-state index contributed by atoms with van der Waals surface area (Å²) in [6, 6.07) is 58.1. The van der Waals surface area contributed by atoms with Crippen LogP contribution in [0.25, 0.3) is 88.6 Å². The molecule has 0 aliphatic carbocycles. The number of aromatic nitrogens is 5. The Morgan fingerprint density at radius 2 is 0.870 bits per heavy atom. The molecule has 0 atom stereocenters. The molecule has 10 rings (SSSR count). The lowest BCUT2D eigenvalue weighted by Gasteiger charge is -2.19. The highest BCUT2D eigenvalue weighted by Crippen LogP contribution is 2.42. The van der Waals surface area contributed by atoms with Gasteiger partial charge in [-0.2, -0.15) is 5.26 Å². The summed E-state index contributed by atoms with van der Waals surface area (Å²) in [6.45, 7) is 3.72. The van der Waals surface area contributed by atoms with E-state index in [0.717, 1.165) is 77.2 Å². The van der Waals surface area contributed by atoms with Crippen molar-refractivity contribution in [3.8, 4) is 51.1 Å². The van der Waals surface area contributed by atoms with Crippen LogP contribution in [0, 0.1) is 25.2 Å². The standard InChI is InChI=1S/C48H32N6/c1-30-50-31(2)52-48(51-30)41-28-47(54-43-20-12-10-18-38(43)40-24-22-35(26-45(40)54)33-15-7-4-8-16-33)46(27-36(41)29-49)53-42-19-11-9-17-37(42)39-23-21-34(25-44(39)53)32-13-5-3-6-14-32/h3-28H,1-2H3. The quantitative estimate of drug-likeness (QED) is 0.180. The Balaban J connectivity index is 1.37. The van der Waals surface area contributed by atoms with Gasteiger partial charge < -0.3 is 9.13 Å². The molecule has 10 aromatic rings. The summed E-state index contributed by atoms with van der Waals surface area (Å²) >= 11 is 0. The first-order valence-corrected chi connectivity index (χ1v) is 18.0. The van der Waals surface area contributed by atoms with Crippen LogP contribution in [0.15, 0.2) is 158 Å². The molecule has 3 heterocycles. The largest absolute Gasteiger partial charge is 0.307 e. The van der Waals surface area contributed by atoms with Crippen LogP contribution in [0.1, 0.15) is 17.2 Å². The van der Waals surface area contributed by atoms with Gasteiger partial charge in [-0.25, -0.2) is 15.0 Å². The van der Waals surface area contributed by atoms with E-state index in [1.165, 1.54) is 0 Å². The van der Waals surface area contributed by atoms with Crippen LogP contribution < -0.4 is 0 Å². The summed E-state index contributed by atoms with van der Waals surface area (Å²) < 4.78 is 4.67.